The standard InChI is InChI=1S/C14H13N3O2S/c1-8-2-3-9-10(7-20-12(9)6-8)14-15-13(17-19-14)11-4-5-18-16-11/h4-5,7-8H,2-3,6H2,1H3. The minimum absolute atomic E-state index is 0.470. The van der Waals surface area contributed by atoms with Crippen LogP contribution in [0.15, 0.2) is 26.8 Å². The summed E-state index contributed by atoms with van der Waals surface area (Å²) in [6, 6.07) is 1.72. The molecule has 0 saturated carbocycles. The molecule has 0 aliphatic heterocycles. The van der Waals surface area contributed by atoms with E-state index in [1.807, 2.05) is 0 Å². The van der Waals surface area contributed by atoms with Gasteiger partial charge < -0.3 is 9.05 Å². The topological polar surface area (TPSA) is 65.0 Å². The van der Waals surface area contributed by atoms with E-state index in [9.17, 15) is 0 Å². The summed E-state index contributed by atoms with van der Waals surface area (Å²) < 4.78 is 10.2. The summed E-state index contributed by atoms with van der Waals surface area (Å²) in [6.45, 7) is 2.30. The van der Waals surface area contributed by atoms with E-state index in [4.69, 9.17) is 9.05 Å². The van der Waals surface area contributed by atoms with Crippen molar-refractivity contribution < 1.29 is 9.05 Å². The van der Waals surface area contributed by atoms with Gasteiger partial charge in [-0.3, -0.25) is 0 Å². The lowest BCUT2D eigenvalue weighted by Crippen LogP contribution is -2.09. The summed E-state index contributed by atoms with van der Waals surface area (Å²) in [7, 11) is 0. The zero-order chi connectivity index (χ0) is 13.5. The molecule has 0 fully saturated rings. The molecule has 0 amide bonds. The highest BCUT2D eigenvalue weighted by atomic mass is 32.1. The lowest BCUT2D eigenvalue weighted by Gasteiger charge is -2.18. The van der Waals surface area contributed by atoms with Gasteiger partial charge in [0.15, 0.2) is 5.69 Å². The quantitative estimate of drug-likeness (QED) is 0.720. The van der Waals surface area contributed by atoms with Crippen molar-refractivity contribution in [3.8, 4) is 23.0 Å². The Kier molecular flexibility index (Phi) is 2.70. The highest BCUT2D eigenvalue weighted by molar-refractivity contribution is 7.10. The van der Waals surface area contributed by atoms with Gasteiger partial charge in [0.2, 0.25) is 5.82 Å². The second-order valence-electron chi connectivity index (χ2n) is 5.21. The van der Waals surface area contributed by atoms with E-state index in [1.165, 1.54) is 23.1 Å². The normalized spacial score (nSPS) is 18.1. The third-order valence-corrected chi connectivity index (χ3v) is 4.78. The number of rotatable bonds is 2. The maximum Gasteiger partial charge on any atom is 0.259 e. The van der Waals surface area contributed by atoms with Crippen molar-refractivity contribution in [2.24, 2.45) is 5.92 Å². The number of thiophene rings is 1. The third kappa shape index (κ3) is 1.87. The molecule has 20 heavy (non-hydrogen) atoms. The molecule has 3 heterocycles. The fourth-order valence-electron chi connectivity index (χ4n) is 2.62. The molecule has 3 aromatic heterocycles. The zero-order valence-corrected chi connectivity index (χ0v) is 11.8. The monoisotopic (exact) mass is 287 g/mol. The molecule has 1 unspecified atom stereocenters. The van der Waals surface area contributed by atoms with Crippen LogP contribution in [-0.2, 0) is 12.8 Å². The molecule has 1 aliphatic rings. The second kappa shape index (κ2) is 4.56. The van der Waals surface area contributed by atoms with Gasteiger partial charge in [0, 0.05) is 16.3 Å². The predicted molar refractivity (Wildman–Crippen MR) is 74.3 cm³/mol. The van der Waals surface area contributed by atoms with Gasteiger partial charge in [-0.05, 0) is 30.7 Å². The lowest BCUT2D eigenvalue weighted by atomic mass is 9.88. The summed E-state index contributed by atoms with van der Waals surface area (Å²) in [4.78, 5) is 5.89. The molecule has 102 valence electrons. The van der Waals surface area contributed by atoms with Crippen LogP contribution < -0.4 is 0 Å². The average molecular weight is 287 g/mol. The zero-order valence-electron chi connectivity index (χ0n) is 11.0. The van der Waals surface area contributed by atoms with E-state index in [1.54, 1.807) is 17.4 Å². The Morgan fingerprint density at radius 1 is 1.35 bits per heavy atom. The molecule has 4 rings (SSSR count). The van der Waals surface area contributed by atoms with E-state index in [2.05, 4.69) is 27.6 Å². The highest BCUT2D eigenvalue weighted by Crippen LogP contribution is 2.37. The smallest absolute Gasteiger partial charge is 0.259 e. The first kappa shape index (κ1) is 11.8. The first-order chi connectivity index (χ1) is 9.81. The van der Waals surface area contributed by atoms with Gasteiger partial charge >= 0.3 is 0 Å². The minimum Gasteiger partial charge on any atom is -0.364 e. The maximum atomic E-state index is 5.39. The summed E-state index contributed by atoms with van der Waals surface area (Å²) >= 11 is 1.80. The number of hydrogen-bond donors (Lipinski definition) is 0. The van der Waals surface area contributed by atoms with Crippen LogP contribution in [-0.4, -0.2) is 15.3 Å². The van der Waals surface area contributed by atoms with Crippen LogP contribution in [0, 0.1) is 5.92 Å². The van der Waals surface area contributed by atoms with Crippen LogP contribution in [0.1, 0.15) is 23.8 Å². The van der Waals surface area contributed by atoms with Crippen molar-refractivity contribution in [2.75, 3.05) is 0 Å². The van der Waals surface area contributed by atoms with Crippen molar-refractivity contribution in [3.63, 3.8) is 0 Å². The van der Waals surface area contributed by atoms with Gasteiger partial charge in [-0.15, -0.1) is 11.3 Å². The van der Waals surface area contributed by atoms with Gasteiger partial charge in [-0.2, -0.15) is 4.98 Å². The molecule has 0 saturated heterocycles. The molecule has 3 aromatic rings. The predicted octanol–water partition coefficient (Wildman–Crippen LogP) is 3.58. The summed E-state index contributed by atoms with van der Waals surface area (Å²) in [6.07, 6.45) is 4.97. The van der Waals surface area contributed by atoms with Crippen LogP contribution in [0.5, 0.6) is 0 Å². The summed E-state index contributed by atoms with van der Waals surface area (Å²) in [5.41, 5.74) is 3.06. The Balaban J connectivity index is 1.72. The molecule has 0 radical (unpaired) electrons. The molecule has 5 nitrogen and oxygen atoms in total. The second-order valence-corrected chi connectivity index (χ2v) is 6.17. The summed E-state index contributed by atoms with van der Waals surface area (Å²) in [5, 5.41) is 9.92. The van der Waals surface area contributed by atoms with Crippen LogP contribution in [0.25, 0.3) is 23.0 Å². The molecular weight excluding hydrogens is 274 g/mol. The Morgan fingerprint density at radius 3 is 3.15 bits per heavy atom. The van der Waals surface area contributed by atoms with Crippen LogP contribution in [0.2, 0.25) is 0 Å². The number of nitrogens with zero attached hydrogens (tertiary/aromatic N) is 3. The number of fused-ring (bicyclic) bond motifs is 1. The molecule has 1 aliphatic carbocycles. The van der Waals surface area contributed by atoms with Crippen LogP contribution in [0.4, 0.5) is 0 Å². The van der Waals surface area contributed by atoms with Crippen LogP contribution >= 0.6 is 11.3 Å². The molecule has 0 N–H and O–H groups in total. The van der Waals surface area contributed by atoms with E-state index in [-0.39, 0.29) is 0 Å². The highest BCUT2D eigenvalue weighted by Gasteiger charge is 2.23. The van der Waals surface area contributed by atoms with Crippen molar-refractivity contribution in [2.45, 2.75) is 26.2 Å². The van der Waals surface area contributed by atoms with E-state index < -0.39 is 0 Å². The Hall–Kier alpha value is -1.95. The number of hydrogen-bond acceptors (Lipinski definition) is 6. The fourth-order valence-corrected chi connectivity index (χ4v) is 3.86. The van der Waals surface area contributed by atoms with Gasteiger partial charge in [0.1, 0.15) is 6.26 Å². The van der Waals surface area contributed by atoms with Crippen molar-refractivity contribution in [1.82, 2.24) is 15.3 Å². The Morgan fingerprint density at radius 2 is 2.30 bits per heavy atom. The summed E-state index contributed by atoms with van der Waals surface area (Å²) in [5.74, 6) is 1.82. The van der Waals surface area contributed by atoms with E-state index in [0.717, 1.165) is 24.3 Å². The van der Waals surface area contributed by atoms with E-state index in [0.29, 0.717) is 17.4 Å². The first-order valence-corrected chi connectivity index (χ1v) is 7.53. The van der Waals surface area contributed by atoms with Gasteiger partial charge in [0.25, 0.3) is 5.89 Å². The fraction of sp³-hybridized carbons (Fsp3) is 0.357. The Bertz CT molecular complexity index is 730. The lowest BCUT2D eigenvalue weighted by molar-refractivity contribution is 0.416. The van der Waals surface area contributed by atoms with Gasteiger partial charge in [0.05, 0.1) is 5.56 Å². The average Bonchev–Trinajstić information content (AvgIpc) is 3.17. The SMILES string of the molecule is CC1CCc2c(-c3nc(-c4ccon4)no3)csc2C1. The van der Waals surface area contributed by atoms with Crippen molar-refractivity contribution in [3.05, 3.63) is 28.2 Å². The third-order valence-electron chi connectivity index (χ3n) is 3.73. The molecule has 0 bridgehead atoms. The number of aromatic nitrogens is 3. The van der Waals surface area contributed by atoms with Gasteiger partial charge in [-0.25, -0.2) is 0 Å². The van der Waals surface area contributed by atoms with Crippen molar-refractivity contribution in [1.29, 1.82) is 0 Å². The molecule has 0 spiro atoms. The molecule has 0 aromatic carbocycles. The molecular formula is C14H13N3O2S. The maximum absolute atomic E-state index is 5.39. The largest absolute Gasteiger partial charge is 0.364 e. The minimum atomic E-state index is 0.470. The van der Waals surface area contributed by atoms with Gasteiger partial charge in [-0.1, -0.05) is 17.2 Å². The first-order valence-electron chi connectivity index (χ1n) is 6.65. The van der Waals surface area contributed by atoms with Crippen molar-refractivity contribution >= 4 is 11.3 Å². The molecule has 6 heteroatoms. The molecule has 1 atom stereocenters. The van der Waals surface area contributed by atoms with Crippen LogP contribution in [0.3, 0.4) is 0 Å². The Labute approximate surface area is 119 Å². The van der Waals surface area contributed by atoms with E-state index >= 15 is 0 Å².